The molecule has 23 heavy (non-hydrogen) atoms. The summed E-state index contributed by atoms with van der Waals surface area (Å²) in [5.74, 6) is 0.220. The average Bonchev–Trinajstić information content (AvgIpc) is 2.58. The van der Waals surface area contributed by atoms with E-state index in [0.717, 1.165) is 5.39 Å². The molecule has 5 heteroatoms. The van der Waals surface area contributed by atoms with Crippen molar-refractivity contribution in [1.82, 2.24) is 4.57 Å². The lowest BCUT2D eigenvalue weighted by atomic mass is 10.1. The van der Waals surface area contributed by atoms with Gasteiger partial charge in [-0.05, 0) is 18.2 Å². The van der Waals surface area contributed by atoms with Crippen molar-refractivity contribution in [2.24, 2.45) is 7.05 Å². The minimum absolute atomic E-state index is 0.228. The topological polar surface area (TPSA) is 60.3 Å². The number of para-hydroxylation sites is 3. The van der Waals surface area contributed by atoms with Gasteiger partial charge in [0.2, 0.25) is 0 Å². The van der Waals surface area contributed by atoms with E-state index in [1.807, 2.05) is 30.3 Å². The predicted molar refractivity (Wildman–Crippen MR) is 90.1 cm³/mol. The second kappa shape index (κ2) is 5.96. The molecule has 0 saturated carbocycles. The number of amides is 1. The van der Waals surface area contributed by atoms with E-state index in [1.165, 1.54) is 10.6 Å². The maximum absolute atomic E-state index is 12.6. The molecule has 0 fully saturated rings. The second-order valence-electron chi connectivity index (χ2n) is 5.13. The van der Waals surface area contributed by atoms with Crippen molar-refractivity contribution >= 4 is 22.5 Å². The largest absolute Gasteiger partial charge is 0.495 e. The molecular formula is C18H16N2O3. The number of anilines is 1. The number of hydrogen-bond acceptors (Lipinski definition) is 3. The molecule has 0 saturated heterocycles. The van der Waals surface area contributed by atoms with E-state index in [-0.39, 0.29) is 11.5 Å². The summed E-state index contributed by atoms with van der Waals surface area (Å²) in [5, 5.41) is 3.53. The van der Waals surface area contributed by atoms with Crippen molar-refractivity contribution in [1.29, 1.82) is 0 Å². The predicted octanol–water partition coefficient (Wildman–Crippen LogP) is 2.80. The molecule has 5 nitrogen and oxygen atoms in total. The fourth-order valence-electron chi connectivity index (χ4n) is 2.54. The molecule has 0 bridgehead atoms. The van der Waals surface area contributed by atoms with E-state index in [9.17, 15) is 9.59 Å². The lowest BCUT2D eigenvalue weighted by molar-refractivity contribution is 0.102. The Morgan fingerprint density at radius 3 is 2.57 bits per heavy atom. The number of aryl methyl sites for hydroxylation is 1. The van der Waals surface area contributed by atoms with Crippen molar-refractivity contribution in [3.8, 4) is 5.75 Å². The molecular weight excluding hydrogens is 292 g/mol. The van der Waals surface area contributed by atoms with Crippen LogP contribution in [0.2, 0.25) is 0 Å². The summed E-state index contributed by atoms with van der Waals surface area (Å²) in [7, 11) is 3.23. The highest BCUT2D eigenvalue weighted by Crippen LogP contribution is 2.24. The van der Waals surface area contributed by atoms with Crippen LogP contribution in [0.15, 0.2) is 59.4 Å². The SMILES string of the molecule is COc1ccccc1NC(=O)c1cc(=O)n(C)c2ccccc12. The lowest BCUT2D eigenvalue weighted by Crippen LogP contribution is -2.21. The summed E-state index contributed by atoms with van der Waals surface area (Å²) in [4.78, 5) is 24.7. The molecule has 0 aliphatic rings. The highest BCUT2D eigenvalue weighted by Gasteiger charge is 2.15. The Kier molecular flexibility index (Phi) is 3.85. The molecule has 2 aromatic carbocycles. The number of rotatable bonds is 3. The monoisotopic (exact) mass is 308 g/mol. The Balaban J connectivity index is 2.08. The molecule has 1 aromatic heterocycles. The van der Waals surface area contributed by atoms with Gasteiger partial charge < -0.3 is 14.6 Å². The molecule has 3 rings (SSSR count). The Labute approximate surface area is 133 Å². The minimum Gasteiger partial charge on any atom is -0.495 e. The highest BCUT2D eigenvalue weighted by atomic mass is 16.5. The summed E-state index contributed by atoms with van der Waals surface area (Å²) in [6.07, 6.45) is 0. The summed E-state index contributed by atoms with van der Waals surface area (Å²) in [6, 6.07) is 15.8. The molecule has 116 valence electrons. The Morgan fingerprint density at radius 1 is 1.09 bits per heavy atom. The van der Waals surface area contributed by atoms with Crippen LogP contribution in [-0.4, -0.2) is 17.6 Å². The van der Waals surface area contributed by atoms with E-state index >= 15 is 0 Å². The molecule has 0 spiro atoms. The number of nitrogens with one attached hydrogen (secondary N) is 1. The van der Waals surface area contributed by atoms with Gasteiger partial charge in [0.1, 0.15) is 5.75 Å². The number of benzene rings is 2. The highest BCUT2D eigenvalue weighted by molar-refractivity contribution is 6.12. The van der Waals surface area contributed by atoms with Gasteiger partial charge in [-0.3, -0.25) is 9.59 Å². The zero-order valence-corrected chi connectivity index (χ0v) is 12.9. The number of ether oxygens (including phenoxy) is 1. The number of methoxy groups -OCH3 is 1. The molecule has 0 aliphatic carbocycles. The fraction of sp³-hybridized carbons (Fsp3) is 0.111. The van der Waals surface area contributed by atoms with Crippen molar-refractivity contribution in [3.63, 3.8) is 0 Å². The van der Waals surface area contributed by atoms with Crippen LogP contribution < -0.4 is 15.6 Å². The van der Waals surface area contributed by atoms with Gasteiger partial charge in [0.05, 0.1) is 23.9 Å². The number of carbonyl (C=O) groups excluding carboxylic acids is 1. The van der Waals surface area contributed by atoms with Crippen LogP contribution in [0.1, 0.15) is 10.4 Å². The van der Waals surface area contributed by atoms with Crippen LogP contribution in [0.4, 0.5) is 5.69 Å². The molecule has 0 radical (unpaired) electrons. The van der Waals surface area contributed by atoms with Gasteiger partial charge in [0.25, 0.3) is 11.5 Å². The number of carbonyl (C=O) groups is 1. The first-order valence-electron chi connectivity index (χ1n) is 7.15. The average molecular weight is 308 g/mol. The molecule has 0 unspecified atom stereocenters. The van der Waals surface area contributed by atoms with Crippen LogP contribution in [0.5, 0.6) is 5.75 Å². The molecule has 1 amide bonds. The van der Waals surface area contributed by atoms with Gasteiger partial charge in [0, 0.05) is 18.5 Å². The van der Waals surface area contributed by atoms with Gasteiger partial charge in [-0.1, -0.05) is 30.3 Å². The molecule has 1 heterocycles. The van der Waals surface area contributed by atoms with Crippen LogP contribution >= 0.6 is 0 Å². The standard InChI is InChI=1S/C18H16N2O3/c1-20-15-9-5-3-7-12(15)13(11-17(20)21)18(22)19-14-8-4-6-10-16(14)23-2/h3-11H,1-2H3,(H,19,22). The number of fused-ring (bicyclic) bond motifs is 1. The molecule has 3 aromatic rings. The van der Waals surface area contributed by atoms with E-state index in [1.54, 1.807) is 32.4 Å². The smallest absolute Gasteiger partial charge is 0.256 e. The Hall–Kier alpha value is -3.08. The third-order valence-electron chi connectivity index (χ3n) is 3.75. The maximum Gasteiger partial charge on any atom is 0.256 e. The summed E-state index contributed by atoms with van der Waals surface area (Å²) >= 11 is 0. The third-order valence-corrected chi connectivity index (χ3v) is 3.75. The third kappa shape index (κ3) is 2.68. The van der Waals surface area contributed by atoms with Crippen molar-refractivity contribution in [3.05, 3.63) is 70.5 Å². The van der Waals surface area contributed by atoms with Gasteiger partial charge in [-0.15, -0.1) is 0 Å². The first-order valence-corrected chi connectivity index (χ1v) is 7.15. The maximum atomic E-state index is 12.6. The van der Waals surface area contributed by atoms with E-state index in [0.29, 0.717) is 22.5 Å². The molecule has 1 N–H and O–H groups in total. The zero-order valence-electron chi connectivity index (χ0n) is 12.9. The first-order chi connectivity index (χ1) is 11.1. The second-order valence-corrected chi connectivity index (χ2v) is 5.13. The number of nitrogens with zero attached hydrogens (tertiary/aromatic N) is 1. The Bertz CT molecular complexity index is 944. The van der Waals surface area contributed by atoms with Crippen molar-refractivity contribution in [2.75, 3.05) is 12.4 Å². The van der Waals surface area contributed by atoms with E-state index < -0.39 is 0 Å². The van der Waals surface area contributed by atoms with Gasteiger partial charge in [-0.25, -0.2) is 0 Å². The van der Waals surface area contributed by atoms with Crippen LogP contribution in [0, 0.1) is 0 Å². The number of aromatic nitrogens is 1. The molecule has 0 atom stereocenters. The fourth-order valence-corrected chi connectivity index (χ4v) is 2.54. The van der Waals surface area contributed by atoms with Gasteiger partial charge in [-0.2, -0.15) is 0 Å². The van der Waals surface area contributed by atoms with E-state index in [2.05, 4.69) is 5.32 Å². The van der Waals surface area contributed by atoms with Crippen molar-refractivity contribution in [2.45, 2.75) is 0 Å². The first kappa shape index (κ1) is 14.8. The summed E-state index contributed by atoms with van der Waals surface area (Å²) in [6.45, 7) is 0. The van der Waals surface area contributed by atoms with E-state index in [4.69, 9.17) is 4.74 Å². The van der Waals surface area contributed by atoms with Gasteiger partial charge >= 0.3 is 0 Å². The Morgan fingerprint density at radius 2 is 1.78 bits per heavy atom. The van der Waals surface area contributed by atoms with Crippen LogP contribution in [-0.2, 0) is 7.05 Å². The number of hydrogen-bond donors (Lipinski definition) is 1. The normalized spacial score (nSPS) is 10.5. The number of pyridine rings is 1. The lowest BCUT2D eigenvalue weighted by Gasteiger charge is -2.12. The quantitative estimate of drug-likeness (QED) is 0.809. The van der Waals surface area contributed by atoms with Crippen molar-refractivity contribution < 1.29 is 9.53 Å². The van der Waals surface area contributed by atoms with Crippen LogP contribution in [0.3, 0.4) is 0 Å². The summed E-state index contributed by atoms with van der Waals surface area (Å²) in [5.41, 5.74) is 1.39. The summed E-state index contributed by atoms with van der Waals surface area (Å²) < 4.78 is 6.75. The zero-order chi connectivity index (χ0) is 16.4. The van der Waals surface area contributed by atoms with Gasteiger partial charge in [0.15, 0.2) is 0 Å². The molecule has 0 aliphatic heterocycles. The minimum atomic E-state index is -0.344. The van der Waals surface area contributed by atoms with Crippen LogP contribution in [0.25, 0.3) is 10.9 Å².